The third-order valence-corrected chi connectivity index (χ3v) is 4.14. The van der Waals surface area contributed by atoms with Crippen molar-refractivity contribution in [3.05, 3.63) is 28.4 Å². The van der Waals surface area contributed by atoms with Gasteiger partial charge in [-0.25, -0.2) is 0 Å². The van der Waals surface area contributed by atoms with Crippen molar-refractivity contribution >= 4 is 40.9 Å². The number of methoxy groups -OCH3 is 1. The Labute approximate surface area is 145 Å². The average Bonchev–Trinajstić information content (AvgIpc) is 2.71. The molecule has 0 spiro atoms. The molecule has 0 bridgehead atoms. The number of hydrogen-bond acceptors (Lipinski definition) is 4. The summed E-state index contributed by atoms with van der Waals surface area (Å²) in [6, 6.07) is 3.39. The predicted molar refractivity (Wildman–Crippen MR) is 93.4 cm³/mol. The molecule has 1 saturated heterocycles. The second-order valence-corrected chi connectivity index (χ2v) is 5.53. The monoisotopic (exact) mass is 350 g/mol. The van der Waals surface area contributed by atoms with Gasteiger partial charge in [0.05, 0.1) is 12.1 Å². The molecule has 1 heterocycles. The highest BCUT2D eigenvalue weighted by molar-refractivity contribution is 7.80. The molecule has 1 aliphatic heterocycles. The van der Waals surface area contributed by atoms with Gasteiger partial charge in [0.1, 0.15) is 12.3 Å². The van der Waals surface area contributed by atoms with E-state index in [9.17, 15) is 4.79 Å². The van der Waals surface area contributed by atoms with E-state index < -0.39 is 0 Å². The molecular weight excluding hydrogens is 336 g/mol. The summed E-state index contributed by atoms with van der Waals surface area (Å²) >= 11 is 11.4. The van der Waals surface area contributed by atoms with Crippen molar-refractivity contribution in [1.29, 1.82) is 0 Å². The van der Waals surface area contributed by atoms with Crippen LogP contribution in [0.4, 0.5) is 0 Å². The van der Waals surface area contributed by atoms with E-state index in [-0.39, 0.29) is 12.5 Å². The Balaban J connectivity index is 2.44. The highest BCUT2D eigenvalue weighted by atomic mass is 35.5. The summed E-state index contributed by atoms with van der Waals surface area (Å²) in [7, 11) is 4.87. The normalized spacial score (nSPS) is 16.0. The Hall–Kier alpha value is -2.23. The van der Waals surface area contributed by atoms with Gasteiger partial charge in [-0.2, -0.15) is 0 Å². The zero-order chi connectivity index (χ0) is 17.1. The standard InChI is InChI=1S/C16H15ClN2O3S/c1-5-6-22-14-11(17)7-10(9-13(14)21-4)8-12-15(20)19(3)16(23)18(12)2/h1,7-9H,6H2,2-4H3/b12-8+. The molecular formula is C16H15ClN2O3S. The van der Waals surface area contributed by atoms with Crippen LogP contribution in [0, 0.1) is 12.3 Å². The largest absolute Gasteiger partial charge is 0.493 e. The van der Waals surface area contributed by atoms with Gasteiger partial charge in [-0.15, -0.1) is 6.42 Å². The molecule has 1 aromatic rings. The molecule has 1 aromatic carbocycles. The Kier molecular flexibility index (Phi) is 5.14. The Morgan fingerprint density at radius 3 is 2.61 bits per heavy atom. The zero-order valence-corrected chi connectivity index (χ0v) is 14.5. The summed E-state index contributed by atoms with van der Waals surface area (Å²) in [6.07, 6.45) is 6.88. The second-order valence-electron chi connectivity index (χ2n) is 4.76. The summed E-state index contributed by atoms with van der Waals surface area (Å²) in [6.45, 7) is 0.0802. The summed E-state index contributed by atoms with van der Waals surface area (Å²) in [5.41, 5.74) is 1.14. The number of rotatable bonds is 4. The molecule has 0 atom stereocenters. The number of thiocarbonyl (C=S) groups is 1. The molecule has 0 N–H and O–H groups in total. The van der Waals surface area contributed by atoms with E-state index in [1.54, 1.807) is 37.2 Å². The van der Waals surface area contributed by atoms with E-state index in [0.29, 0.717) is 32.9 Å². The van der Waals surface area contributed by atoms with Crippen molar-refractivity contribution in [1.82, 2.24) is 9.80 Å². The van der Waals surface area contributed by atoms with Crippen LogP contribution in [0.1, 0.15) is 5.56 Å². The zero-order valence-electron chi connectivity index (χ0n) is 12.9. The minimum Gasteiger partial charge on any atom is -0.493 e. The van der Waals surface area contributed by atoms with Crippen molar-refractivity contribution in [2.75, 3.05) is 27.8 Å². The lowest BCUT2D eigenvalue weighted by molar-refractivity contribution is -0.121. The average molecular weight is 351 g/mol. The van der Waals surface area contributed by atoms with Gasteiger partial charge in [0.2, 0.25) is 0 Å². The van der Waals surface area contributed by atoms with Crippen LogP contribution in [-0.4, -0.2) is 48.6 Å². The number of terminal acetylenes is 1. The number of likely N-dealkylation sites (N-methyl/N-ethyl adjacent to an activating group) is 2. The SMILES string of the molecule is C#CCOc1c(Cl)cc(/C=C2\C(=O)N(C)C(=S)N2C)cc1OC. The van der Waals surface area contributed by atoms with Crippen LogP contribution in [0.15, 0.2) is 17.8 Å². The van der Waals surface area contributed by atoms with E-state index in [1.807, 2.05) is 0 Å². The number of carbonyl (C=O) groups is 1. The topological polar surface area (TPSA) is 42.0 Å². The Morgan fingerprint density at radius 1 is 1.39 bits per heavy atom. The smallest absolute Gasteiger partial charge is 0.276 e. The fourth-order valence-electron chi connectivity index (χ4n) is 2.12. The minimum atomic E-state index is -0.180. The third kappa shape index (κ3) is 3.26. The molecule has 7 heteroatoms. The first-order valence-corrected chi connectivity index (χ1v) is 7.40. The maximum absolute atomic E-state index is 12.2. The van der Waals surface area contributed by atoms with Gasteiger partial charge in [0.25, 0.3) is 5.91 Å². The lowest BCUT2D eigenvalue weighted by atomic mass is 10.1. The lowest BCUT2D eigenvalue weighted by Crippen LogP contribution is -2.26. The van der Waals surface area contributed by atoms with Crippen LogP contribution in [0.25, 0.3) is 6.08 Å². The second kappa shape index (κ2) is 6.90. The molecule has 0 unspecified atom stereocenters. The van der Waals surface area contributed by atoms with Crippen molar-refractivity contribution < 1.29 is 14.3 Å². The number of ether oxygens (including phenoxy) is 2. The van der Waals surface area contributed by atoms with Crippen molar-refractivity contribution in [3.63, 3.8) is 0 Å². The van der Waals surface area contributed by atoms with Gasteiger partial charge in [-0.1, -0.05) is 17.5 Å². The number of amides is 1. The fraction of sp³-hybridized carbons (Fsp3) is 0.250. The van der Waals surface area contributed by atoms with Crippen LogP contribution in [0.3, 0.4) is 0 Å². The molecule has 1 amide bonds. The molecule has 0 radical (unpaired) electrons. The van der Waals surface area contributed by atoms with Crippen LogP contribution < -0.4 is 9.47 Å². The van der Waals surface area contributed by atoms with Gasteiger partial charge in [-0.05, 0) is 36.0 Å². The van der Waals surface area contributed by atoms with E-state index in [0.717, 1.165) is 0 Å². The van der Waals surface area contributed by atoms with Crippen LogP contribution in [0.2, 0.25) is 5.02 Å². The van der Waals surface area contributed by atoms with Gasteiger partial charge < -0.3 is 14.4 Å². The molecule has 120 valence electrons. The summed E-state index contributed by atoms with van der Waals surface area (Å²) in [5, 5.41) is 0.781. The first-order valence-electron chi connectivity index (χ1n) is 6.62. The maximum atomic E-state index is 12.2. The highest BCUT2D eigenvalue weighted by Gasteiger charge is 2.32. The van der Waals surface area contributed by atoms with Gasteiger partial charge in [0, 0.05) is 14.1 Å². The van der Waals surface area contributed by atoms with Crippen molar-refractivity contribution in [3.8, 4) is 23.8 Å². The number of hydrogen-bond donors (Lipinski definition) is 0. The van der Waals surface area contributed by atoms with Crippen molar-refractivity contribution in [2.45, 2.75) is 0 Å². The minimum absolute atomic E-state index is 0.0802. The highest BCUT2D eigenvalue weighted by Crippen LogP contribution is 2.37. The molecule has 1 aliphatic rings. The summed E-state index contributed by atoms with van der Waals surface area (Å²) in [5.74, 6) is 2.99. The first-order chi connectivity index (χ1) is 10.9. The van der Waals surface area contributed by atoms with Crippen LogP contribution >= 0.6 is 23.8 Å². The molecule has 0 aromatic heterocycles. The number of nitrogens with zero attached hydrogens (tertiary/aromatic N) is 2. The van der Waals surface area contributed by atoms with E-state index in [4.69, 9.17) is 39.7 Å². The van der Waals surface area contributed by atoms with E-state index >= 15 is 0 Å². The van der Waals surface area contributed by atoms with Crippen LogP contribution in [0.5, 0.6) is 11.5 Å². The fourth-order valence-corrected chi connectivity index (χ4v) is 2.58. The Morgan fingerprint density at radius 2 is 2.09 bits per heavy atom. The number of benzene rings is 1. The Bertz CT molecular complexity index is 740. The molecule has 5 nitrogen and oxygen atoms in total. The van der Waals surface area contributed by atoms with Gasteiger partial charge >= 0.3 is 0 Å². The predicted octanol–water partition coefficient (Wildman–Crippen LogP) is 2.39. The molecule has 1 fully saturated rings. The quantitative estimate of drug-likeness (QED) is 0.474. The number of carbonyl (C=O) groups excluding carboxylic acids is 1. The first kappa shape index (κ1) is 17.1. The third-order valence-electron chi connectivity index (χ3n) is 3.31. The lowest BCUT2D eigenvalue weighted by Gasteiger charge is -2.13. The summed E-state index contributed by atoms with van der Waals surface area (Å²) < 4.78 is 10.7. The van der Waals surface area contributed by atoms with Gasteiger partial charge in [0.15, 0.2) is 16.6 Å². The van der Waals surface area contributed by atoms with Gasteiger partial charge in [-0.3, -0.25) is 9.69 Å². The molecule has 0 aliphatic carbocycles. The molecule has 2 rings (SSSR count). The summed E-state index contributed by atoms with van der Waals surface area (Å²) in [4.78, 5) is 15.2. The van der Waals surface area contributed by atoms with E-state index in [2.05, 4.69) is 5.92 Å². The van der Waals surface area contributed by atoms with Crippen molar-refractivity contribution in [2.24, 2.45) is 0 Å². The van der Waals surface area contributed by atoms with E-state index in [1.165, 1.54) is 12.0 Å². The van der Waals surface area contributed by atoms with Crippen LogP contribution in [-0.2, 0) is 4.79 Å². The molecule has 0 saturated carbocycles. The maximum Gasteiger partial charge on any atom is 0.276 e. The molecule has 23 heavy (non-hydrogen) atoms. The number of halogens is 1.